The van der Waals surface area contributed by atoms with E-state index in [9.17, 15) is 8.42 Å². The molecule has 0 radical (unpaired) electrons. The summed E-state index contributed by atoms with van der Waals surface area (Å²) in [7, 11) is -1.95. The molecule has 2 N–H and O–H groups in total. The van der Waals surface area contributed by atoms with Crippen LogP contribution in [0.3, 0.4) is 0 Å². The van der Waals surface area contributed by atoms with Gasteiger partial charge in [-0.2, -0.15) is 0 Å². The molecule has 1 atom stereocenters. The highest BCUT2D eigenvalue weighted by atomic mass is 35.5. The van der Waals surface area contributed by atoms with Crippen LogP contribution in [0.1, 0.15) is 6.42 Å². The Morgan fingerprint density at radius 2 is 2.44 bits per heavy atom. The number of imidazole rings is 1. The SMILES string of the molecule is COCC(Cl)CCNS(=O)(=O)c1cnc[nH]1. The highest BCUT2D eigenvalue weighted by Gasteiger charge is 2.15. The van der Waals surface area contributed by atoms with Crippen LogP contribution in [-0.4, -0.2) is 44.0 Å². The maximum absolute atomic E-state index is 11.6. The van der Waals surface area contributed by atoms with E-state index in [1.54, 1.807) is 7.11 Å². The number of methoxy groups -OCH3 is 1. The lowest BCUT2D eigenvalue weighted by Crippen LogP contribution is -2.27. The van der Waals surface area contributed by atoms with Gasteiger partial charge in [0, 0.05) is 13.7 Å². The van der Waals surface area contributed by atoms with Crippen LogP contribution in [0, 0.1) is 0 Å². The summed E-state index contributed by atoms with van der Waals surface area (Å²) in [6, 6.07) is 0. The van der Waals surface area contributed by atoms with Gasteiger partial charge in [0.15, 0.2) is 5.03 Å². The summed E-state index contributed by atoms with van der Waals surface area (Å²) >= 11 is 5.85. The second kappa shape index (κ2) is 6.19. The molecule has 0 aliphatic rings. The van der Waals surface area contributed by atoms with Crippen LogP contribution < -0.4 is 4.72 Å². The van der Waals surface area contributed by atoms with Crippen molar-refractivity contribution in [3.63, 3.8) is 0 Å². The van der Waals surface area contributed by atoms with Crippen LogP contribution in [0.25, 0.3) is 0 Å². The molecule has 0 fully saturated rings. The normalized spacial score (nSPS) is 13.9. The van der Waals surface area contributed by atoms with E-state index in [1.165, 1.54) is 12.5 Å². The molecule has 92 valence electrons. The largest absolute Gasteiger partial charge is 0.383 e. The van der Waals surface area contributed by atoms with Crippen molar-refractivity contribution in [3.8, 4) is 0 Å². The Hall–Kier alpha value is -0.630. The van der Waals surface area contributed by atoms with Gasteiger partial charge in [-0.15, -0.1) is 11.6 Å². The predicted molar refractivity (Wildman–Crippen MR) is 59.9 cm³/mol. The zero-order valence-electron chi connectivity index (χ0n) is 8.81. The first-order valence-corrected chi connectivity index (χ1v) is 6.59. The molecule has 0 saturated carbocycles. The Morgan fingerprint density at radius 3 is 3.00 bits per heavy atom. The van der Waals surface area contributed by atoms with Crippen molar-refractivity contribution in [2.24, 2.45) is 0 Å². The van der Waals surface area contributed by atoms with Crippen molar-refractivity contribution in [1.29, 1.82) is 0 Å². The minimum absolute atomic E-state index is 0.0466. The smallest absolute Gasteiger partial charge is 0.257 e. The van der Waals surface area contributed by atoms with E-state index < -0.39 is 10.0 Å². The van der Waals surface area contributed by atoms with Gasteiger partial charge in [-0.1, -0.05) is 0 Å². The minimum Gasteiger partial charge on any atom is -0.383 e. The van der Waals surface area contributed by atoms with E-state index >= 15 is 0 Å². The van der Waals surface area contributed by atoms with Gasteiger partial charge in [-0.05, 0) is 6.42 Å². The molecule has 0 saturated heterocycles. The summed E-state index contributed by atoms with van der Waals surface area (Å²) in [4.78, 5) is 6.16. The molecule has 0 aliphatic carbocycles. The van der Waals surface area contributed by atoms with Gasteiger partial charge in [-0.3, -0.25) is 0 Å². The van der Waals surface area contributed by atoms with Crippen molar-refractivity contribution in [1.82, 2.24) is 14.7 Å². The molecule has 0 aliphatic heterocycles. The summed E-state index contributed by atoms with van der Waals surface area (Å²) in [5.41, 5.74) is 0. The van der Waals surface area contributed by atoms with Crippen LogP contribution >= 0.6 is 11.6 Å². The highest BCUT2D eigenvalue weighted by molar-refractivity contribution is 7.89. The number of alkyl halides is 1. The topological polar surface area (TPSA) is 84.1 Å². The quantitative estimate of drug-likeness (QED) is 0.698. The van der Waals surface area contributed by atoms with Gasteiger partial charge in [0.1, 0.15) is 0 Å². The molecular formula is C8H14ClN3O3S. The molecule has 1 aromatic heterocycles. The van der Waals surface area contributed by atoms with E-state index in [2.05, 4.69) is 14.7 Å². The van der Waals surface area contributed by atoms with Crippen molar-refractivity contribution in [3.05, 3.63) is 12.5 Å². The van der Waals surface area contributed by atoms with Gasteiger partial charge in [0.2, 0.25) is 0 Å². The molecule has 1 rings (SSSR count). The number of halogens is 1. The Balaban J connectivity index is 2.38. The van der Waals surface area contributed by atoms with Gasteiger partial charge >= 0.3 is 0 Å². The standard InChI is InChI=1S/C8H14ClN3O3S/c1-15-5-7(9)2-3-12-16(13,14)8-4-10-6-11-8/h4,6-7,12H,2-3,5H2,1H3,(H,10,11). The van der Waals surface area contributed by atoms with E-state index in [1.807, 2.05) is 0 Å². The van der Waals surface area contributed by atoms with E-state index in [4.69, 9.17) is 16.3 Å². The Labute approximate surface area is 99.4 Å². The third-order valence-corrected chi connectivity index (χ3v) is 3.59. The molecule has 0 spiro atoms. The van der Waals surface area contributed by atoms with Crippen molar-refractivity contribution < 1.29 is 13.2 Å². The average Bonchev–Trinajstić information content (AvgIpc) is 2.71. The lowest BCUT2D eigenvalue weighted by Gasteiger charge is -2.08. The summed E-state index contributed by atoms with van der Waals surface area (Å²) in [6.45, 7) is 0.659. The van der Waals surface area contributed by atoms with E-state index in [0.29, 0.717) is 13.0 Å². The van der Waals surface area contributed by atoms with Crippen LogP contribution in [0.4, 0.5) is 0 Å². The number of H-pyrrole nitrogens is 1. The summed E-state index contributed by atoms with van der Waals surface area (Å²) < 4.78 is 30.4. The first-order valence-electron chi connectivity index (χ1n) is 4.67. The van der Waals surface area contributed by atoms with E-state index in [0.717, 1.165) is 0 Å². The van der Waals surface area contributed by atoms with Crippen LogP contribution in [0.5, 0.6) is 0 Å². The first kappa shape index (κ1) is 13.4. The fourth-order valence-electron chi connectivity index (χ4n) is 1.08. The van der Waals surface area contributed by atoms with E-state index in [-0.39, 0.29) is 16.9 Å². The lowest BCUT2D eigenvalue weighted by atomic mass is 10.3. The van der Waals surface area contributed by atoms with Gasteiger partial charge < -0.3 is 9.72 Å². The van der Waals surface area contributed by atoms with Crippen LogP contribution in [-0.2, 0) is 14.8 Å². The number of sulfonamides is 1. The second-order valence-corrected chi connectivity index (χ2v) is 5.51. The number of nitrogens with one attached hydrogen (secondary N) is 2. The second-order valence-electron chi connectivity index (χ2n) is 3.15. The number of aromatic amines is 1. The van der Waals surface area contributed by atoms with Crippen molar-refractivity contribution in [2.45, 2.75) is 16.8 Å². The third-order valence-electron chi connectivity index (χ3n) is 1.86. The maximum atomic E-state index is 11.6. The van der Waals surface area contributed by atoms with Gasteiger partial charge in [0.25, 0.3) is 10.0 Å². The molecule has 6 nitrogen and oxygen atoms in total. The van der Waals surface area contributed by atoms with Crippen LogP contribution in [0.2, 0.25) is 0 Å². The number of hydrogen-bond acceptors (Lipinski definition) is 4. The molecule has 1 unspecified atom stereocenters. The van der Waals surface area contributed by atoms with Crippen molar-refractivity contribution in [2.75, 3.05) is 20.3 Å². The molecule has 0 amide bonds. The van der Waals surface area contributed by atoms with Crippen molar-refractivity contribution >= 4 is 21.6 Å². The Kier molecular flexibility index (Phi) is 5.20. The fraction of sp³-hybridized carbons (Fsp3) is 0.625. The molecule has 1 aromatic rings. The highest BCUT2D eigenvalue weighted by Crippen LogP contribution is 2.04. The zero-order valence-corrected chi connectivity index (χ0v) is 10.4. The summed E-state index contributed by atoms with van der Waals surface area (Å²) in [5.74, 6) is 0. The number of hydrogen-bond donors (Lipinski definition) is 2. The molecule has 1 heterocycles. The fourth-order valence-corrected chi connectivity index (χ4v) is 2.27. The molecule has 0 aromatic carbocycles. The Bertz CT molecular complexity index is 393. The Morgan fingerprint density at radius 1 is 1.69 bits per heavy atom. The number of rotatable bonds is 7. The zero-order chi connectivity index (χ0) is 12.0. The molecule has 8 heteroatoms. The minimum atomic E-state index is -3.50. The third kappa shape index (κ3) is 4.09. The maximum Gasteiger partial charge on any atom is 0.257 e. The number of aromatic nitrogens is 2. The first-order chi connectivity index (χ1) is 7.56. The van der Waals surface area contributed by atoms with Gasteiger partial charge in [0.05, 0.1) is 24.5 Å². The van der Waals surface area contributed by atoms with Gasteiger partial charge in [-0.25, -0.2) is 18.1 Å². The molecule has 0 bridgehead atoms. The number of ether oxygens (including phenoxy) is 1. The number of nitrogens with zero attached hydrogens (tertiary/aromatic N) is 1. The molecule has 16 heavy (non-hydrogen) atoms. The monoisotopic (exact) mass is 267 g/mol. The lowest BCUT2D eigenvalue weighted by molar-refractivity contribution is 0.196. The summed E-state index contributed by atoms with van der Waals surface area (Å²) in [6.07, 6.45) is 3.06. The predicted octanol–water partition coefficient (Wildman–Crippen LogP) is 0.332. The summed E-state index contributed by atoms with van der Waals surface area (Å²) in [5, 5.41) is -0.153. The molecular weight excluding hydrogens is 254 g/mol. The van der Waals surface area contributed by atoms with Crippen LogP contribution in [0.15, 0.2) is 17.6 Å². The average molecular weight is 268 g/mol.